The summed E-state index contributed by atoms with van der Waals surface area (Å²) in [6.45, 7) is 2.21. The molecule has 31 heavy (non-hydrogen) atoms. The summed E-state index contributed by atoms with van der Waals surface area (Å²) in [5.74, 6) is -0.129. The molecule has 0 fully saturated rings. The highest BCUT2D eigenvalue weighted by Crippen LogP contribution is 2.20. The molecule has 1 amide bonds. The van der Waals surface area contributed by atoms with Crippen LogP contribution in [0.15, 0.2) is 84.9 Å². The van der Waals surface area contributed by atoms with Crippen molar-refractivity contribution in [2.45, 2.75) is 32.4 Å². The van der Waals surface area contributed by atoms with Crippen LogP contribution in [-0.4, -0.2) is 26.6 Å². The fourth-order valence-corrected chi connectivity index (χ4v) is 4.22. The molecular formula is C25H28N2O3S. The van der Waals surface area contributed by atoms with Gasteiger partial charge in [0.25, 0.3) is 5.91 Å². The Kier molecular flexibility index (Phi) is 7.47. The van der Waals surface area contributed by atoms with Gasteiger partial charge in [0.05, 0.1) is 18.5 Å². The molecule has 0 radical (unpaired) electrons. The van der Waals surface area contributed by atoms with Gasteiger partial charge in [-0.2, -0.15) is 0 Å². The highest BCUT2D eigenvalue weighted by Gasteiger charge is 2.18. The second kappa shape index (κ2) is 10.3. The van der Waals surface area contributed by atoms with Crippen molar-refractivity contribution in [3.63, 3.8) is 0 Å². The molecular weight excluding hydrogens is 408 g/mol. The van der Waals surface area contributed by atoms with Gasteiger partial charge < -0.3 is 5.32 Å². The first-order valence-corrected chi connectivity index (χ1v) is 12.1. The molecule has 3 aromatic rings. The first kappa shape index (κ1) is 22.6. The van der Waals surface area contributed by atoms with Gasteiger partial charge in [-0.1, -0.05) is 60.7 Å². The molecule has 162 valence electrons. The van der Waals surface area contributed by atoms with E-state index in [-0.39, 0.29) is 18.5 Å². The van der Waals surface area contributed by atoms with Crippen LogP contribution in [0.1, 0.15) is 34.8 Å². The van der Waals surface area contributed by atoms with Gasteiger partial charge in [-0.05, 0) is 55.2 Å². The average molecular weight is 437 g/mol. The molecule has 1 N–H and O–H groups in total. The van der Waals surface area contributed by atoms with E-state index in [1.54, 1.807) is 48.5 Å². The second-order valence-corrected chi connectivity index (χ2v) is 9.61. The van der Waals surface area contributed by atoms with Gasteiger partial charge in [0.2, 0.25) is 10.0 Å². The van der Waals surface area contributed by atoms with Gasteiger partial charge in [0, 0.05) is 11.6 Å². The van der Waals surface area contributed by atoms with E-state index in [4.69, 9.17) is 0 Å². The molecule has 5 nitrogen and oxygen atoms in total. The van der Waals surface area contributed by atoms with Crippen molar-refractivity contribution in [3.8, 4) is 0 Å². The third kappa shape index (κ3) is 6.69. The molecule has 0 heterocycles. The van der Waals surface area contributed by atoms with Crippen molar-refractivity contribution >= 4 is 21.6 Å². The van der Waals surface area contributed by atoms with Crippen molar-refractivity contribution in [2.75, 3.05) is 10.6 Å². The van der Waals surface area contributed by atoms with Crippen LogP contribution < -0.4 is 9.62 Å². The number of sulfonamides is 1. The zero-order valence-corrected chi connectivity index (χ0v) is 18.7. The maximum atomic E-state index is 12.6. The predicted molar refractivity (Wildman–Crippen MR) is 126 cm³/mol. The van der Waals surface area contributed by atoms with Crippen LogP contribution in [0.2, 0.25) is 0 Å². The molecule has 0 aliphatic carbocycles. The number of nitrogens with zero attached hydrogens (tertiary/aromatic N) is 1. The van der Waals surface area contributed by atoms with Crippen LogP contribution in [0.4, 0.5) is 5.69 Å². The fraction of sp³-hybridized carbons (Fsp3) is 0.240. The van der Waals surface area contributed by atoms with E-state index in [9.17, 15) is 13.2 Å². The van der Waals surface area contributed by atoms with Crippen LogP contribution in [0.3, 0.4) is 0 Å². The first-order valence-electron chi connectivity index (χ1n) is 10.3. The number of carbonyl (C=O) groups excluding carboxylic acids is 1. The summed E-state index contributed by atoms with van der Waals surface area (Å²) in [6, 6.07) is 26.3. The standard InChI is InChI=1S/C25H28N2O3S/c1-20(13-14-21-9-5-3-6-10-21)26-25(28)23-17-15-22(16-18-23)19-27(31(2,29)30)24-11-7-4-8-12-24/h3-12,15-18,20H,13-14,19H2,1-2H3,(H,26,28)/t20-/m0/s1. The van der Waals surface area contributed by atoms with Crippen LogP contribution in [0.25, 0.3) is 0 Å². The minimum atomic E-state index is -3.43. The molecule has 6 heteroatoms. The molecule has 0 aliphatic heterocycles. The average Bonchev–Trinajstić information content (AvgIpc) is 2.77. The van der Waals surface area contributed by atoms with Crippen molar-refractivity contribution in [1.29, 1.82) is 0 Å². The SMILES string of the molecule is C[C@@H](CCc1ccccc1)NC(=O)c1ccc(CN(c2ccccc2)S(C)(=O)=O)cc1. The monoisotopic (exact) mass is 436 g/mol. The maximum Gasteiger partial charge on any atom is 0.251 e. The first-order chi connectivity index (χ1) is 14.8. The van der Waals surface area contributed by atoms with E-state index in [0.717, 1.165) is 18.4 Å². The van der Waals surface area contributed by atoms with E-state index in [0.29, 0.717) is 11.3 Å². The smallest absolute Gasteiger partial charge is 0.251 e. The van der Waals surface area contributed by atoms with Crippen LogP contribution in [0.5, 0.6) is 0 Å². The van der Waals surface area contributed by atoms with E-state index < -0.39 is 10.0 Å². The number of nitrogens with one attached hydrogen (secondary N) is 1. The summed E-state index contributed by atoms with van der Waals surface area (Å²) in [5, 5.41) is 3.03. The predicted octanol–water partition coefficient (Wildman–Crippen LogP) is 4.40. The van der Waals surface area contributed by atoms with Crippen LogP contribution in [-0.2, 0) is 23.0 Å². The van der Waals surface area contributed by atoms with Gasteiger partial charge in [-0.25, -0.2) is 8.42 Å². The van der Waals surface area contributed by atoms with Gasteiger partial charge >= 0.3 is 0 Å². The molecule has 0 saturated carbocycles. The fourth-order valence-electron chi connectivity index (χ4n) is 3.33. The molecule has 3 aromatic carbocycles. The normalized spacial score (nSPS) is 12.2. The number of anilines is 1. The number of aryl methyl sites for hydroxylation is 1. The quantitative estimate of drug-likeness (QED) is 0.541. The Morgan fingerprint density at radius 3 is 2.03 bits per heavy atom. The molecule has 3 rings (SSSR count). The Balaban J connectivity index is 1.60. The minimum Gasteiger partial charge on any atom is -0.350 e. The lowest BCUT2D eigenvalue weighted by molar-refractivity contribution is 0.0938. The number of amides is 1. The number of hydrogen-bond donors (Lipinski definition) is 1. The van der Waals surface area contributed by atoms with Crippen molar-refractivity contribution in [1.82, 2.24) is 5.32 Å². The lowest BCUT2D eigenvalue weighted by Crippen LogP contribution is -2.33. The minimum absolute atomic E-state index is 0.0474. The Morgan fingerprint density at radius 2 is 1.45 bits per heavy atom. The van der Waals surface area contributed by atoms with E-state index in [2.05, 4.69) is 17.4 Å². The summed E-state index contributed by atoms with van der Waals surface area (Å²) in [4.78, 5) is 12.6. The number of hydrogen-bond acceptors (Lipinski definition) is 3. The zero-order valence-electron chi connectivity index (χ0n) is 17.9. The topological polar surface area (TPSA) is 66.5 Å². The zero-order chi connectivity index (χ0) is 22.3. The summed E-state index contributed by atoms with van der Waals surface area (Å²) >= 11 is 0. The number of carbonyl (C=O) groups is 1. The highest BCUT2D eigenvalue weighted by atomic mass is 32.2. The molecule has 0 aliphatic rings. The van der Waals surface area contributed by atoms with Gasteiger partial charge in [0.15, 0.2) is 0 Å². The van der Waals surface area contributed by atoms with E-state index in [1.807, 2.05) is 31.2 Å². The van der Waals surface area contributed by atoms with E-state index >= 15 is 0 Å². The summed E-state index contributed by atoms with van der Waals surface area (Å²) in [6.07, 6.45) is 2.95. The maximum absolute atomic E-state index is 12.6. The summed E-state index contributed by atoms with van der Waals surface area (Å²) in [7, 11) is -3.43. The third-order valence-corrected chi connectivity index (χ3v) is 6.21. The van der Waals surface area contributed by atoms with Crippen LogP contribution >= 0.6 is 0 Å². The van der Waals surface area contributed by atoms with Crippen molar-refractivity contribution < 1.29 is 13.2 Å². The van der Waals surface area contributed by atoms with Crippen molar-refractivity contribution in [2.24, 2.45) is 0 Å². The van der Waals surface area contributed by atoms with Gasteiger partial charge in [-0.3, -0.25) is 9.10 Å². The molecule has 0 unspecified atom stereocenters. The van der Waals surface area contributed by atoms with E-state index in [1.165, 1.54) is 16.1 Å². The summed E-state index contributed by atoms with van der Waals surface area (Å²) in [5.41, 5.74) is 3.23. The third-order valence-electron chi connectivity index (χ3n) is 5.07. The number of rotatable bonds is 9. The summed E-state index contributed by atoms with van der Waals surface area (Å²) < 4.78 is 25.9. The molecule has 0 spiro atoms. The largest absolute Gasteiger partial charge is 0.350 e. The van der Waals surface area contributed by atoms with Crippen molar-refractivity contribution in [3.05, 3.63) is 102 Å². The Labute approximate surface area is 184 Å². The Hall–Kier alpha value is -3.12. The highest BCUT2D eigenvalue weighted by molar-refractivity contribution is 7.92. The number of para-hydroxylation sites is 1. The van der Waals surface area contributed by atoms with Gasteiger partial charge in [-0.15, -0.1) is 0 Å². The molecule has 0 bridgehead atoms. The Morgan fingerprint density at radius 1 is 0.871 bits per heavy atom. The second-order valence-electron chi connectivity index (χ2n) is 7.70. The van der Waals surface area contributed by atoms with Gasteiger partial charge in [0.1, 0.15) is 0 Å². The molecule has 0 saturated heterocycles. The lowest BCUT2D eigenvalue weighted by Gasteiger charge is -2.22. The molecule has 1 atom stereocenters. The number of benzene rings is 3. The Bertz CT molecular complexity index is 1080. The van der Waals surface area contributed by atoms with Crippen LogP contribution in [0, 0.1) is 0 Å². The molecule has 0 aromatic heterocycles. The lowest BCUT2D eigenvalue weighted by atomic mass is 10.1.